The van der Waals surface area contributed by atoms with Crippen LogP contribution in [0, 0.1) is 13.8 Å². The maximum absolute atomic E-state index is 6.14. The number of nitrogens with zero attached hydrogens (tertiary/aromatic N) is 1. The van der Waals surface area contributed by atoms with Crippen molar-refractivity contribution in [3.8, 4) is 11.3 Å². The van der Waals surface area contributed by atoms with Gasteiger partial charge in [0.25, 0.3) is 0 Å². The Morgan fingerprint density at radius 3 is 2.35 bits per heavy atom. The molecule has 0 fully saturated rings. The van der Waals surface area contributed by atoms with Crippen LogP contribution in [-0.2, 0) is 0 Å². The number of fused-ring (bicyclic) bond motifs is 1. The molecule has 2 nitrogen and oxygen atoms in total. The van der Waals surface area contributed by atoms with Crippen LogP contribution in [0.1, 0.15) is 31.4 Å². The Kier molecular flexibility index (Phi) is 4.33. The summed E-state index contributed by atoms with van der Waals surface area (Å²) in [6, 6.07) is 17.0. The van der Waals surface area contributed by atoms with Crippen LogP contribution in [0.4, 0.5) is 0 Å². The zero-order valence-electron chi connectivity index (χ0n) is 14.3. The molecule has 118 valence electrons. The van der Waals surface area contributed by atoms with Gasteiger partial charge in [-0.1, -0.05) is 48.4 Å². The fourth-order valence-corrected chi connectivity index (χ4v) is 2.58. The van der Waals surface area contributed by atoms with Gasteiger partial charge < -0.3 is 4.42 Å². The monoisotopic (exact) mass is 305 g/mol. The second-order valence-electron chi connectivity index (χ2n) is 6.25. The van der Waals surface area contributed by atoms with Crippen LogP contribution in [0.2, 0.25) is 0 Å². The van der Waals surface area contributed by atoms with Gasteiger partial charge in [0.1, 0.15) is 11.3 Å². The molecule has 2 aromatic carbocycles. The SMILES string of the molecule is CC[C@@H](C)N=c1cc(-c2ccc(C)cc2)oc2ccc(C)cc12. The Bertz CT molecular complexity index is 888. The predicted octanol–water partition coefficient (Wildman–Crippen LogP) is 5.42. The third kappa shape index (κ3) is 3.37. The molecule has 1 atom stereocenters. The molecule has 3 rings (SSSR count). The van der Waals surface area contributed by atoms with E-state index in [2.05, 4.69) is 70.2 Å². The van der Waals surface area contributed by atoms with Gasteiger partial charge in [0.15, 0.2) is 0 Å². The minimum absolute atomic E-state index is 0.298. The number of benzene rings is 2. The Labute approximate surface area is 137 Å². The zero-order chi connectivity index (χ0) is 16.4. The van der Waals surface area contributed by atoms with Crippen LogP contribution in [0.25, 0.3) is 22.3 Å². The van der Waals surface area contributed by atoms with Crippen LogP contribution in [0.5, 0.6) is 0 Å². The van der Waals surface area contributed by atoms with E-state index in [0.29, 0.717) is 6.04 Å². The molecule has 0 N–H and O–H groups in total. The van der Waals surface area contributed by atoms with Crippen molar-refractivity contribution in [2.75, 3.05) is 0 Å². The molecule has 0 aliphatic carbocycles. The van der Waals surface area contributed by atoms with Gasteiger partial charge in [-0.25, -0.2) is 0 Å². The highest BCUT2D eigenvalue weighted by atomic mass is 16.3. The fraction of sp³-hybridized carbons (Fsp3) is 0.286. The molecule has 0 aliphatic heterocycles. The highest BCUT2D eigenvalue weighted by Crippen LogP contribution is 2.23. The van der Waals surface area contributed by atoms with Crippen molar-refractivity contribution in [2.24, 2.45) is 4.99 Å². The van der Waals surface area contributed by atoms with E-state index in [1.165, 1.54) is 11.1 Å². The summed E-state index contributed by atoms with van der Waals surface area (Å²) in [6.45, 7) is 8.50. The van der Waals surface area contributed by atoms with Crippen molar-refractivity contribution in [2.45, 2.75) is 40.2 Å². The first-order chi connectivity index (χ1) is 11.1. The number of rotatable bonds is 3. The van der Waals surface area contributed by atoms with Crippen LogP contribution in [-0.4, -0.2) is 6.04 Å². The Morgan fingerprint density at radius 1 is 0.957 bits per heavy atom. The van der Waals surface area contributed by atoms with E-state index in [-0.39, 0.29) is 0 Å². The zero-order valence-corrected chi connectivity index (χ0v) is 14.3. The van der Waals surface area contributed by atoms with Gasteiger partial charge in [0.05, 0.1) is 5.36 Å². The van der Waals surface area contributed by atoms with Crippen molar-refractivity contribution in [1.29, 1.82) is 0 Å². The first kappa shape index (κ1) is 15.5. The molecule has 0 saturated carbocycles. The van der Waals surface area contributed by atoms with E-state index < -0.39 is 0 Å². The minimum atomic E-state index is 0.298. The maximum Gasteiger partial charge on any atom is 0.136 e. The smallest absolute Gasteiger partial charge is 0.136 e. The van der Waals surface area contributed by atoms with Crippen LogP contribution >= 0.6 is 0 Å². The summed E-state index contributed by atoms with van der Waals surface area (Å²) < 4.78 is 6.14. The van der Waals surface area contributed by atoms with E-state index in [4.69, 9.17) is 9.41 Å². The molecule has 0 saturated heterocycles. The molecule has 0 radical (unpaired) electrons. The summed E-state index contributed by atoms with van der Waals surface area (Å²) >= 11 is 0. The molecular formula is C21H23NO. The van der Waals surface area contributed by atoms with Gasteiger partial charge in [-0.05, 0) is 39.3 Å². The summed E-state index contributed by atoms with van der Waals surface area (Å²) in [4.78, 5) is 4.89. The lowest BCUT2D eigenvalue weighted by Gasteiger charge is -2.08. The van der Waals surface area contributed by atoms with E-state index in [9.17, 15) is 0 Å². The molecule has 0 bridgehead atoms. The average Bonchev–Trinajstić information content (AvgIpc) is 2.55. The minimum Gasteiger partial charge on any atom is -0.456 e. The third-order valence-electron chi connectivity index (χ3n) is 4.19. The summed E-state index contributed by atoms with van der Waals surface area (Å²) in [7, 11) is 0. The third-order valence-corrected chi connectivity index (χ3v) is 4.19. The lowest BCUT2D eigenvalue weighted by atomic mass is 10.1. The highest BCUT2D eigenvalue weighted by molar-refractivity contribution is 5.79. The van der Waals surface area contributed by atoms with E-state index in [1.54, 1.807) is 0 Å². The molecule has 2 heteroatoms. The topological polar surface area (TPSA) is 25.5 Å². The first-order valence-electron chi connectivity index (χ1n) is 8.22. The van der Waals surface area contributed by atoms with Gasteiger partial charge in [0, 0.05) is 23.1 Å². The average molecular weight is 305 g/mol. The largest absolute Gasteiger partial charge is 0.456 e. The van der Waals surface area contributed by atoms with Gasteiger partial charge in [-0.15, -0.1) is 0 Å². The quantitative estimate of drug-likeness (QED) is 0.634. The molecule has 3 aromatic rings. The highest BCUT2D eigenvalue weighted by Gasteiger charge is 2.07. The second-order valence-corrected chi connectivity index (χ2v) is 6.25. The van der Waals surface area contributed by atoms with Gasteiger partial charge in [-0.2, -0.15) is 0 Å². The summed E-state index contributed by atoms with van der Waals surface area (Å²) in [5.74, 6) is 0.864. The summed E-state index contributed by atoms with van der Waals surface area (Å²) in [6.07, 6.45) is 1.03. The molecule has 1 heterocycles. The van der Waals surface area contributed by atoms with Crippen molar-refractivity contribution >= 4 is 11.0 Å². The van der Waals surface area contributed by atoms with Crippen molar-refractivity contribution in [3.63, 3.8) is 0 Å². The molecular weight excluding hydrogens is 282 g/mol. The molecule has 0 aliphatic rings. The molecule has 23 heavy (non-hydrogen) atoms. The van der Waals surface area contributed by atoms with E-state index in [0.717, 1.165) is 34.1 Å². The molecule has 0 spiro atoms. The van der Waals surface area contributed by atoms with Gasteiger partial charge in [-0.3, -0.25) is 4.99 Å². The van der Waals surface area contributed by atoms with E-state index >= 15 is 0 Å². The van der Waals surface area contributed by atoms with Crippen molar-refractivity contribution in [3.05, 3.63) is 65.0 Å². The maximum atomic E-state index is 6.14. The van der Waals surface area contributed by atoms with Crippen LogP contribution in [0.15, 0.2) is 57.9 Å². The normalized spacial score (nSPS) is 13.5. The summed E-state index contributed by atoms with van der Waals surface area (Å²) in [5, 5.41) is 2.10. The molecule has 0 unspecified atom stereocenters. The predicted molar refractivity (Wildman–Crippen MR) is 96.4 cm³/mol. The Balaban J connectivity index is 2.27. The number of hydrogen-bond donors (Lipinski definition) is 0. The van der Waals surface area contributed by atoms with Gasteiger partial charge in [0.2, 0.25) is 0 Å². The standard InChI is InChI=1S/C21H23NO/c1-5-16(4)22-19-13-21(17-9-6-14(2)7-10-17)23-20-11-8-15(3)12-18(19)20/h6-13,16H,5H2,1-4H3/t16-/m1/s1. The van der Waals surface area contributed by atoms with Gasteiger partial charge >= 0.3 is 0 Å². The van der Waals surface area contributed by atoms with Crippen LogP contribution < -0.4 is 5.36 Å². The fourth-order valence-electron chi connectivity index (χ4n) is 2.58. The van der Waals surface area contributed by atoms with Crippen molar-refractivity contribution < 1.29 is 4.42 Å². The van der Waals surface area contributed by atoms with Crippen molar-refractivity contribution in [1.82, 2.24) is 0 Å². The number of hydrogen-bond acceptors (Lipinski definition) is 2. The Hall–Kier alpha value is -2.35. The summed E-state index contributed by atoms with van der Waals surface area (Å²) in [5.41, 5.74) is 4.43. The second kappa shape index (κ2) is 6.41. The van der Waals surface area contributed by atoms with E-state index in [1.807, 2.05) is 6.07 Å². The molecule has 0 amide bonds. The lowest BCUT2D eigenvalue weighted by molar-refractivity contribution is 0.616. The Morgan fingerprint density at radius 2 is 1.65 bits per heavy atom. The van der Waals surface area contributed by atoms with Crippen LogP contribution in [0.3, 0.4) is 0 Å². The lowest BCUT2D eigenvalue weighted by Crippen LogP contribution is -2.09. The molecule has 1 aromatic heterocycles. The number of aryl methyl sites for hydroxylation is 2. The first-order valence-corrected chi connectivity index (χ1v) is 8.22.